The second kappa shape index (κ2) is 11.2. The maximum atomic E-state index is 12.1. The van der Waals surface area contributed by atoms with Crippen molar-refractivity contribution in [3.05, 3.63) is 89.9 Å². The van der Waals surface area contributed by atoms with Crippen LogP contribution in [0, 0.1) is 0 Å². The minimum atomic E-state index is -1.81. The molecule has 216 valence electrons. The van der Waals surface area contributed by atoms with Crippen LogP contribution in [0.2, 0.25) is 0 Å². The number of anilines is 1. The number of nitrogens with one attached hydrogen (secondary N) is 1. The summed E-state index contributed by atoms with van der Waals surface area (Å²) in [6.45, 7) is 2.27. The number of halogens is 4. The fourth-order valence-corrected chi connectivity index (χ4v) is 6.29. The lowest BCUT2D eigenvalue weighted by Crippen LogP contribution is -2.48. The summed E-state index contributed by atoms with van der Waals surface area (Å²) in [4.78, 5) is 8.97. The van der Waals surface area contributed by atoms with E-state index in [9.17, 15) is 5.11 Å². The molecular formula is C29H28Cl4N4O4. The van der Waals surface area contributed by atoms with Crippen LogP contribution in [0.15, 0.2) is 73.2 Å². The predicted octanol–water partition coefficient (Wildman–Crippen LogP) is 6.42. The fourth-order valence-electron chi connectivity index (χ4n) is 5.47. The number of hydrogen-bond acceptors (Lipinski definition) is 7. The third-order valence-electron chi connectivity index (χ3n) is 7.50. The summed E-state index contributed by atoms with van der Waals surface area (Å²) < 4.78 is 17.0. The summed E-state index contributed by atoms with van der Waals surface area (Å²) in [5.41, 5.74) is 1.05. The monoisotopic (exact) mass is 636 g/mol. The lowest BCUT2D eigenvalue weighted by molar-refractivity contribution is -0.127. The molecule has 4 atom stereocenters. The minimum absolute atomic E-state index is 0.147. The molecule has 1 saturated heterocycles. The van der Waals surface area contributed by atoms with Crippen molar-refractivity contribution < 1.29 is 19.3 Å². The van der Waals surface area contributed by atoms with Crippen molar-refractivity contribution in [1.82, 2.24) is 14.5 Å². The number of aliphatic hydroxyl groups is 1. The molecule has 0 spiro atoms. The molecule has 0 aliphatic carbocycles. The Morgan fingerprint density at radius 3 is 2.37 bits per heavy atom. The highest BCUT2D eigenvalue weighted by Gasteiger charge is 2.57. The average molecular weight is 638 g/mol. The van der Waals surface area contributed by atoms with Gasteiger partial charge in [-0.2, -0.15) is 0 Å². The number of hydrogen-bond donors (Lipinski definition) is 2. The predicted molar refractivity (Wildman–Crippen MR) is 159 cm³/mol. The molecule has 2 aliphatic rings. The lowest BCUT2D eigenvalue weighted by atomic mass is 9.96. The molecule has 6 rings (SSSR count). The van der Waals surface area contributed by atoms with E-state index < -0.39 is 33.1 Å². The van der Waals surface area contributed by atoms with E-state index in [2.05, 4.69) is 15.3 Å². The van der Waals surface area contributed by atoms with E-state index in [0.29, 0.717) is 16.8 Å². The van der Waals surface area contributed by atoms with Gasteiger partial charge in [0.05, 0.1) is 12.0 Å². The average Bonchev–Trinajstić information content (AvgIpc) is 3.35. The molecule has 2 N–H and O–H groups in total. The fraction of sp³-hybridized carbons (Fsp3) is 0.379. The maximum absolute atomic E-state index is 12.1. The molecule has 2 aromatic heterocycles. The van der Waals surface area contributed by atoms with E-state index in [4.69, 9.17) is 60.6 Å². The van der Waals surface area contributed by atoms with Gasteiger partial charge in [-0.1, -0.05) is 107 Å². The zero-order chi connectivity index (χ0) is 28.8. The van der Waals surface area contributed by atoms with Crippen molar-refractivity contribution >= 4 is 63.3 Å². The molecular weight excluding hydrogens is 610 g/mol. The van der Waals surface area contributed by atoms with Crippen LogP contribution in [0.1, 0.15) is 36.3 Å². The summed E-state index contributed by atoms with van der Waals surface area (Å²) >= 11 is 26.6. The summed E-state index contributed by atoms with van der Waals surface area (Å²) in [7, 11) is 0. The third kappa shape index (κ3) is 5.53. The van der Waals surface area contributed by atoms with Gasteiger partial charge in [-0.15, -0.1) is 0 Å². The van der Waals surface area contributed by atoms with Gasteiger partial charge in [0.1, 0.15) is 35.6 Å². The van der Waals surface area contributed by atoms with E-state index in [1.54, 1.807) is 60.0 Å². The molecule has 0 amide bonds. The highest BCUT2D eigenvalue weighted by atomic mass is 35.5. The highest BCUT2D eigenvalue weighted by molar-refractivity contribution is 6.47. The summed E-state index contributed by atoms with van der Waals surface area (Å²) in [6, 6.07) is 17.9. The van der Waals surface area contributed by atoms with Gasteiger partial charge in [0.2, 0.25) is 9.04 Å². The van der Waals surface area contributed by atoms with Gasteiger partial charge in [-0.05, 0) is 25.3 Å². The molecule has 0 radical (unpaired) electrons. The van der Waals surface area contributed by atoms with E-state index in [-0.39, 0.29) is 6.61 Å². The van der Waals surface area contributed by atoms with E-state index >= 15 is 0 Å². The van der Waals surface area contributed by atoms with Crippen molar-refractivity contribution in [2.75, 3.05) is 18.5 Å². The second-order valence-corrected chi connectivity index (χ2v) is 12.9. The van der Waals surface area contributed by atoms with Crippen molar-refractivity contribution in [1.29, 1.82) is 0 Å². The van der Waals surface area contributed by atoms with Crippen LogP contribution in [0.5, 0.6) is 0 Å². The van der Waals surface area contributed by atoms with E-state index in [1.807, 2.05) is 18.3 Å². The van der Waals surface area contributed by atoms with Crippen LogP contribution in [0.4, 0.5) is 5.82 Å². The Bertz CT molecular complexity index is 1520. The van der Waals surface area contributed by atoms with Gasteiger partial charge in [0.25, 0.3) is 0 Å². The Morgan fingerprint density at radius 1 is 1.02 bits per heavy atom. The SMILES string of the molecule is C[C@]1(O)C(n2cc3c4c(ncnc42)NCCC3)O[C@H](COC(Cl)(Cl)c2ccccc2)[C@H]1OC(Cl)(Cl)c1ccccc1. The maximum Gasteiger partial charge on any atom is 0.244 e. The number of benzene rings is 2. The quantitative estimate of drug-likeness (QED) is 0.216. The molecule has 4 aromatic rings. The first-order valence-electron chi connectivity index (χ1n) is 13.2. The number of alkyl halides is 4. The zero-order valence-electron chi connectivity index (χ0n) is 22.0. The first kappa shape index (κ1) is 29.0. The van der Waals surface area contributed by atoms with Crippen molar-refractivity contribution in [2.45, 2.75) is 52.8 Å². The van der Waals surface area contributed by atoms with Gasteiger partial charge in [-0.25, -0.2) is 9.97 Å². The Labute approximate surface area is 257 Å². The van der Waals surface area contributed by atoms with Gasteiger partial charge >= 0.3 is 0 Å². The summed E-state index contributed by atoms with van der Waals surface area (Å²) in [5.74, 6) is 0.744. The first-order chi connectivity index (χ1) is 19.6. The first-order valence-corrected chi connectivity index (χ1v) is 14.7. The molecule has 1 unspecified atom stereocenters. The minimum Gasteiger partial charge on any atom is -0.383 e. The topological polar surface area (TPSA) is 90.7 Å². The van der Waals surface area contributed by atoms with E-state index in [0.717, 1.165) is 36.2 Å². The number of aromatic nitrogens is 3. The molecule has 0 saturated carbocycles. The van der Waals surface area contributed by atoms with Gasteiger partial charge in [0, 0.05) is 23.9 Å². The Morgan fingerprint density at radius 2 is 1.68 bits per heavy atom. The number of nitrogens with zero attached hydrogens (tertiary/aromatic N) is 3. The molecule has 41 heavy (non-hydrogen) atoms. The van der Waals surface area contributed by atoms with Crippen molar-refractivity contribution in [3.63, 3.8) is 0 Å². The Balaban J connectivity index is 1.37. The Hall–Kier alpha value is -2.14. The molecule has 12 heteroatoms. The van der Waals surface area contributed by atoms with Crippen LogP contribution < -0.4 is 5.32 Å². The third-order valence-corrected chi connectivity index (χ3v) is 8.77. The second-order valence-electron chi connectivity index (χ2n) is 10.4. The molecule has 1 fully saturated rings. The van der Waals surface area contributed by atoms with Crippen LogP contribution in [0.25, 0.3) is 11.0 Å². The summed E-state index contributed by atoms with van der Waals surface area (Å²) in [5, 5.41) is 16.4. The molecule has 2 aliphatic heterocycles. The van der Waals surface area contributed by atoms with Crippen LogP contribution in [-0.4, -0.2) is 50.6 Å². The smallest absolute Gasteiger partial charge is 0.244 e. The molecule has 0 bridgehead atoms. The number of aryl methyl sites for hydroxylation is 1. The lowest BCUT2D eigenvalue weighted by Gasteiger charge is -2.35. The highest BCUT2D eigenvalue weighted by Crippen LogP contribution is 2.48. The molecule has 2 aromatic carbocycles. The molecule has 4 heterocycles. The van der Waals surface area contributed by atoms with Gasteiger partial charge in [-0.3, -0.25) is 0 Å². The molecule has 8 nitrogen and oxygen atoms in total. The van der Waals surface area contributed by atoms with Gasteiger partial charge in [0.15, 0.2) is 6.23 Å². The number of rotatable bonds is 8. The van der Waals surface area contributed by atoms with Gasteiger partial charge < -0.3 is 29.2 Å². The van der Waals surface area contributed by atoms with Crippen LogP contribution in [-0.2, 0) is 29.7 Å². The summed E-state index contributed by atoms with van der Waals surface area (Å²) in [6.07, 6.45) is 2.26. The van der Waals surface area contributed by atoms with Crippen LogP contribution >= 0.6 is 46.4 Å². The van der Waals surface area contributed by atoms with Crippen molar-refractivity contribution in [3.8, 4) is 0 Å². The normalized spacial score (nSPS) is 24.8. The zero-order valence-corrected chi connectivity index (χ0v) is 25.0. The van der Waals surface area contributed by atoms with Crippen LogP contribution in [0.3, 0.4) is 0 Å². The standard InChI is InChI=1S/C29H28Cl4N4O4/c1-27(38)23(41-29(32,33)20-12-6-3-7-13-20)21(16-39-28(30,31)19-10-4-2-5-11-19)40-26(27)37-15-18-9-8-14-34-24-22(18)25(37)36-17-35-24/h2-7,10-13,15,17,21,23,26,38H,8-9,14,16H2,1H3,(H,34,35,36)/t21-,23-,26?,27-/m1/s1. The Kier molecular flexibility index (Phi) is 7.89. The number of ether oxygens (including phenoxy) is 3. The van der Waals surface area contributed by atoms with E-state index in [1.165, 1.54) is 6.33 Å². The largest absolute Gasteiger partial charge is 0.383 e. The van der Waals surface area contributed by atoms with Crippen molar-refractivity contribution in [2.24, 2.45) is 0 Å².